The molecular formula is C11H23N3O4S. The highest BCUT2D eigenvalue weighted by molar-refractivity contribution is 7.86. The van der Waals surface area contributed by atoms with Crippen LogP contribution >= 0.6 is 0 Å². The number of carboxylic acid groups (broad SMARTS) is 1. The zero-order valence-electron chi connectivity index (χ0n) is 11.7. The molecule has 1 aliphatic rings. The van der Waals surface area contributed by atoms with Gasteiger partial charge in [0, 0.05) is 33.2 Å². The van der Waals surface area contributed by atoms with E-state index in [1.807, 2.05) is 7.05 Å². The topological polar surface area (TPSA) is 81.2 Å². The first-order valence-electron chi connectivity index (χ1n) is 6.34. The first-order chi connectivity index (χ1) is 8.75. The molecule has 0 spiro atoms. The SMILES string of the molecule is CN1CCCC(N(C)S(=O)(=O)N(C)CCC(=O)O)C1. The minimum Gasteiger partial charge on any atom is -0.481 e. The van der Waals surface area contributed by atoms with Crippen molar-refractivity contribution in [2.24, 2.45) is 0 Å². The van der Waals surface area contributed by atoms with E-state index in [1.54, 1.807) is 7.05 Å². The molecule has 19 heavy (non-hydrogen) atoms. The molecule has 0 saturated carbocycles. The number of piperidine rings is 1. The molecule has 0 aromatic heterocycles. The molecule has 1 N–H and O–H groups in total. The number of carboxylic acids is 1. The molecule has 1 unspecified atom stereocenters. The van der Waals surface area contributed by atoms with Gasteiger partial charge >= 0.3 is 5.97 Å². The largest absolute Gasteiger partial charge is 0.481 e. The summed E-state index contributed by atoms with van der Waals surface area (Å²) in [6.07, 6.45) is 1.63. The van der Waals surface area contributed by atoms with E-state index in [0.717, 1.165) is 23.7 Å². The van der Waals surface area contributed by atoms with Gasteiger partial charge in [-0.15, -0.1) is 0 Å². The van der Waals surface area contributed by atoms with Crippen molar-refractivity contribution in [3.8, 4) is 0 Å². The van der Waals surface area contributed by atoms with Crippen LogP contribution in [0.25, 0.3) is 0 Å². The fourth-order valence-electron chi connectivity index (χ4n) is 2.21. The fourth-order valence-corrected chi connectivity index (χ4v) is 3.52. The van der Waals surface area contributed by atoms with E-state index in [2.05, 4.69) is 4.90 Å². The molecule has 0 aliphatic carbocycles. The highest BCUT2D eigenvalue weighted by atomic mass is 32.2. The van der Waals surface area contributed by atoms with Crippen molar-refractivity contribution in [3.63, 3.8) is 0 Å². The standard InChI is InChI=1S/C11H23N3O4S/c1-12-7-4-5-10(9-12)14(3)19(17,18)13(2)8-6-11(15)16/h10H,4-9H2,1-3H3,(H,15,16). The maximum atomic E-state index is 12.3. The summed E-state index contributed by atoms with van der Waals surface area (Å²) in [7, 11) is 1.38. The Morgan fingerprint density at radius 1 is 1.42 bits per heavy atom. The van der Waals surface area contributed by atoms with Gasteiger partial charge in [-0.1, -0.05) is 0 Å². The summed E-state index contributed by atoms with van der Waals surface area (Å²) in [6.45, 7) is 1.69. The minimum absolute atomic E-state index is 0.00936. The number of carbonyl (C=O) groups is 1. The van der Waals surface area contributed by atoms with E-state index < -0.39 is 16.2 Å². The molecule has 1 saturated heterocycles. The summed E-state index contributed by atoms with van der Waals surface area (Å²) in [5, 5.41) is 8.61. The van der Waals surface area contributed by atoms with Crippen LogP contribution in [0.3, 0.4) is 0 Å². The Balaban J connectivity index is 2.67. The van der Waals surface area contributed by atoms with Crippen molar-refractivity contribution in [2.45, 2.75) is 25.3 Å². The monoisotopic (exact) mass is 293 g/mol. The second kappa shape index (κ2) is 6.65. The van der Waals surface area contributed by atoms with Crippen LogP contribution in [0.15, 0.2) is 0 Å². The minimum atomic E-state index is -3.58. The van der Waals surface area contributed by atoms with Gasteiger partial charge in [0.1, 0.15) is 0 Å². The van der Waals surface area contributed by atoms with Gasteiger partial charge in [0.2, 0.25) is 0 Å². The van der Waals surface area contributed by atoms with E-state index in [-0.39, 0.29) is 19.0 Å². The highest BCUT2D eigenvalue weighted by Crippen LogP contribution is 2.18. The first kappa shape index (κ1) is 16.4. The van der Waals surface area contributed by atoms with Gasteiger partial charge in [0.05, 0.1) is 6.42 Å². The van der Waals surface area contributed by atoms with Gasteiger partial charge in [-0.05, 0) is 26.4 Å². The van der Waals surface area contributed by atoms with Crippen molar-refractivity contribution in [2.75, 3.05) is 40.8 Å². The van der Waals surface area contributed by atoms with E-state index >= 15 is 0 Å². The second-order valence-electron chi connectivity index (χ2n) is 5.05. The number of hydrogen-bond acceptors (Lipinski definition) is 4. The molecule has 8 heteroatoms. The molecule has 7 nitrogen and oxygen atoms in total. The molecule has 1 heterocycles. The third-order valence-corrected chi connectivity index (χ3v) is 5.51. The van der Waals surface area contributed by atoms with E-state index in [9.17, 15) is 13.2 Å². The number of likely N-dealkylation sites (tertiary alicyclic amines) is 1. The molecule has 0 radical (unpaired) electrons. The molecule has 1 rings (SSSR count). The van der Waals surface area contributed by atoms with Crippen molar-refractivity contribution < 1.29 is 18.3 Å². The molecule has 1 aliphatic heterocycles. The lowest BCUT2D eigenvalue weighted by Crippen LogP contribution is -2.51. The molecule has 112 valence electrons. The van der Waals surface area contributed by atoms with Crippen molar-refractivity contribution in [3.05, 3.63) is 0 Å². The van der Waals surface area contributed by atoms with Crippen LogP contribution in [0, 0.1) is 0 Å². The Hall–Kier alpha value is -0.700. The molecule has 0 aromatic carbocycles. The fraction of sp³-hybridized carbons (Fsp3) is 0.909. The summed E-state index contributed by atoms with van der Waals surface area (Å²) in [5.41, 5.74) is 0. The maximum Gasteiger partial charge on any atom is 0.304 e. The Kier molecular flexibility index (Phi) is 5.72. The Bertz CT molecular complexity index is 412. The highest BCUT2D eigenvalue weighted by Gasteiger charge is 2.32. The lowest BCUT2D eigenvalue weighted by molar-refractivity contribution is -0.137. The second-order valence-corrected chi connectivity index (χ2v) is 7.14. The number of aliphatic carboxylic acids is 1. The van der Waals surface area contributed by atoms with E-state index in [1.165, 1.54) is 11.4 Å². The predicted octanol–water partition coefficient (Wildman–Crippen LogP) is -0.336. The molecular weight excluding hydrogens is 270 g/mol. The number of rotatable bonds is 6. The Morgan fingerprint density at radius 2 is 2.05 bits per heavy atom. The predicted molar refractivity (Wildman–Crippen MR) is 72.1 cm³/mol. The summed E-state index contributed by atoms with van der Waals surface area (Å²) < 4.78 is 27.1. The van der Waals surface area contributed by atoms with Crippen LogP contribution in [0.4, 0.5) is 0 Å². The average Bonchev–Trinajstić information content (AvgIpc) is 2.34. The van der Waals surface area contributed by atoms with Crippen LogP contribution in [0.1, 0.15) is 19.3 Å². The summed E-state index contributed by atoms with van der Waals surface area (Å²) in [5.74, 6) is -0.998. The van der Waals surface area contributed by atoms with Crippen molar-refractivity contribution in [1.82, 2.24) is 13.5 Å². The van der Waals surface area contributed by atoms with Gasteiger partial charge < -0.3 is 10.0 Å². The molecule has 0 aromatic rings. The first-order valence-corrected chi connectivity index (χ1v) is 7.74. The zero-order chi connectivity index (χ0) is 14.6. The molecule has 0 bridgehead atoms. The maximum absolute atomic E-state index is 12.3. The molecule has 0 amide bonds. The number of likely N-dealkylation sites (N-methyl/N-ethyl adjacent to an activating group) is 2. The van der Waals surface area contributed by atoms with Gasteiger partial charge in [-0.2, -0.15) is 17.0 Å². The van der Waals surface area contributed by atoms with Gasteiger partial charge in [-0.25, -0.2) is 0 Å². The summed E-state index contributed by atoms with van der Waals surface area (Å²) in [6, 6.07) is -0.0453. The average molecular weight is 293 g/mol. The third-order valence-electron chi connectivity index (χ3n) is 3.51. The quantitative estimate of drug-likeness (QED) is 0.725. The van der Waals surface area contributed by atoms with Gasteiger partial charge in [-0.3, -0.25) is 4.79 Å². The zero-order valence-corrected chi connectivity index (χ0v) is 12.6. The van der Waals surface area contributed by atoms with Crippen LogP contribution in [-0.2, 0) is 15.0 Å². The number of hydrogen-bond donors (Lipinski definition) is 1. The normalized spacial score (nSPS) is 22.1. The van der Waals surface area contributed by atoms with Gasteiger partial charge in [0.25, 0.3) is 10.2 Å². The summed E-state index contributed by atoms with van der Waals surface area (Å²) in [4.78, 5) is 12.6. The van der Waals surface area contributed by atoms with Gasteiger partial charge in [0.15, 0.2) is 0 Å². The van der Waals surface area contributed by atoms with Crippen LogP contribution in [-0.4, -0.2) is 79.8 Å². The van der Waals surface area contributed by atoms with Crippen molar-refractivity contribution in [1.29, 1.82) is 0 Å². The lowest BCUT2D eigenvalue weighted by atomic mass is 10.1. The van der Waals surface area contributed by atoms with Crippen molar-refractivity contribution >= 4 is 16.2 Å². The van der Waals surface area contributed by atoms with Crippen LogP contribution in [0.5, 0.6) is 0 Å². The third kappa shape index (κ3) is 4.41. The van der Waals surface area contributed by atoms with E-state index in [4.69, 9.17) is 5.11 Å². The smallest absolute Gasteiger partial charge is 0.304 e. The lowest BCUT2D eigenvalue weighted by Gasteiger charge is -2.36. The Labute approximate surface area is 115 Å². The summed E-state index contributed by atoms with van der Waals surface area (Å²) >= 11 is 0. The Morgan fingerprint density at radius 3 is 2.58 bits per heavy atom. The van der Waals surface area contributed by atoms with Crippen LogP contribution < -0.4 is 0 Å². The van der Waals surface area contributed by atoms with E-state index in [0.29, 0.717) is 6.54 Å². The molecule has 1 atom stereocenters. The number of nitrogens with zero attached hydrogens (tertiary/aromatic N) is 3. The van der Waals surface area contributed by atoms with Crippen LogP contribution in [0.2, 0.25) is 0 Å². The molecule has 1 fully saturated rings.